The molecule has 2 amide bonds. The summed E-state index contributed by atoms with van der Waals surface area (Å²) in [6.07, 6.45) is 0.338. The van der Waals surface area contributed by atoms with Gasteiger partial charge in [-0.2, -0.15) is 0 Å². The van der Waals surface area contributed by atoms with E-state index in [1.54, 1.807) is 12.1 Å². The third kappa shape index (κ3) is 6.97. The minimum Gasteiger partial charge on any atom is -0.444 e. The number of benzene rings is 2. The molecule has 2 N–H and O–H groups in total. The van der Waals surface area contributed by atoms with Crippen LogP contribution in [0.4, 0.5) is 4.79 Å². The van der Waals surface area contributed by atoms with Crippen LogP contribution in [0.3, 0.4) is 0 Å². The van der Waals surface area contributed by atoms with Crippen LogP contribution in [0.5, 0.6) is 0 Å². The molecule has 5 heteroatoms. The first-order valence-corrected chi connectivity index (χ1v) is 8.71. The molecule has 0 saturated carbocycles. The molecule has 138 valence electrons. The first-order chi connectivity index (χ1) is 12.3. The number of hydrogen-bond acceptors (Lipinski definition) is 3. The van der Waals surface area contributed by atoms with Gasteiger partial charge in [0.1, 0.15) is 5.60 Å². The maximum Gasteiger partial charge on any atom is 0.407 e. The molecule has 5 nitrogen and oxygen atoms in total. The Morgan fingerprint density at radius 3 is 2.15 bits per heavy atom. The molecule has 2 aromatic carbocycles. The Labute approximate surface area is 154 Å². The fourth-order valence-electron chi connectivity index (χ4n) is 2.33. The van der Waals surface area contributed by atoms with Crippen LogP contribution < -0.4 is 10.6 Å². The summed E-state index contributed by atoms with van der Waals surface area (Å²) in [4.78, 5) is 23.8. The summed E-state index contributed by atoms with van der Waals surface area (Å²) in [5.41, 5.74) is 2.17. The Bertz CT molecular complexity index is 719. The highest BCUT2D eigenvalue weighted by atomic mass is 16.6. The number of nitrogens with one attached hydrogen (secondary N) is 2. The van der Waals surface area contributed by atoms with E-state index in [1.807, 2.05) is 63.2 Å². The standard InChI is InChI=1S/C21H26N2O3/c1-21(2,3)26-20(25)23-15-17-9-11-18(12-10-17)19(24)22-14-13-16-7-5-4-6-8-16/h4-12H,13-15H2,1-3H3,(H,22,24)(H,23,25). The number of alkyl carbamates (subject to hydrolysis) is 1. The van der Waals surface area contributed by atoms with Crippen LogP contribution in [0.1, 0.15) is 42.3 Å². The number of carbonyl (C=O) groups is 2. The lowest BCUT2D eigenvalue weighted by atomic mass is 10.1. The van der Waals surface area contributed by atoms with Gasteiger partial charge in [0.15, 0.2) is 0 Å². The number of carbonyl (C=O) groups excluding carboxylic acids is 2. The second-order valence-electron chi connectivity index (χ2n) is 7.04. The molecule has 0 aliphatic carbocycles. The van der Waals surface area contributed by atoms with Gasteiger partial charge in [0.05, 0.1) is 0 Å². The first kappa shape index (κ1) is 19.5. The average molecular weight is 354 g/mol. The lowest BCUT2D eigenvalue weighted by molar-refractivity contribution is 0.0523. The Morgan fingerprint density at radius 1 is 0.885 bits per heavy atom. The summed E-state index contributed by atoms with van der Waals surface area (Å²) in [5, 5.41) is 5.61. The van der Waals surface area contributed by atoms with Crippen molar-refractivity contribution in [1.29, 1.82) is 0 Å². The zero-order valence-electron chi connectivity index (χ0n) is 15.5. The fraction of sp³-hybridized carbons (Fsp3) is 0.333. The molecule has 0 bridgehead atoms. The molecule has 0 fully saturated rings. The topological polar surface area (TPSA) is 67.4 Å². The van der Waals surface area contributed by atoms with E-state index >= 15 is 0 Å². The molecule has 0 saturated heterocycles. The molecule has 0 radical (unpaired) electrons. The van der Waals surface area contributed by atoms with Gasteiger partial charge in [-0.1, -0.05) is 42.5 Å². The Kier molecular flexibility index (Phi) is 6.78. The van der Waals surface area contributed by atoms with Crippen LogP contribution >= 0.6 is 0 Å². The Hall–Kier alpha value is -2.82. The molecule has 26 heavy (non-hydrogen) atoms. The van der Waals surface area contributed by atoms with Gasteiger partial charge in [0.25, 0.3) is 5.91 Å². The fourth-order valence-corrected chi connectivity index (χ4v) is 2.33. The summed E-state index contributed by atoms with van der Waals surface area (Å²) in [5.74, 6) is -0.104. The zero-order chi connectivity index (χ0) is 19.0. The maximum atomic E-state index is 12.2. The summed E-state index contributed by atoms with van der Waals surface area (Å²) in [6, 6.07) is 17.2. The van der Waals surface area contributed by atoms with E-state index in [0.717, 1.165) is 12.0 Å². The molecule has 0 heterocycles. The SMILES string of the molecule is CC(C)(C)OC(=O)NCc1ccc(C(=O)NCCc2ccccc2)cc1. The van der Waals surface area contributed by atoms with Crippen molar-refractivity contribution in [2.45, 2.75) is 39.3 Å². The highest BCUT2D eigenvalue weighted by Crippen LogP contribution is 2.08. The zero-order valence-corrected chi connectivity index (χ0v) is 15.5. The van der Waals surface area contributed by atoms with E-state index in [-0.39, 0.29) is 5.91 Å². The molecule has 2 aromatic rings. The van der Waals surface area contributed by atoms with Crippen molar-refractivity contribution in [3.8, 4) is 0 Å². The van der Waals surface area contributed by atoms with Gasteiger partial charge >= 0.3 is 6.09 Å². The Balaban J connectivity index is 1.77. The van der Waals surface area contributed by atoms with Crippen molar-refractivity contribution in [2.75, 3.05) is 6.54 Å². The second-order valence-corrected chi connectivity index (χ2v) is 7.04. The lowest BCUT2D eigenvalue weighted by Crippen LogP contribution is -2.32. The smallest absolute Gasteiger partial charge is 0.407 e. The molecule has 0 aliphatic heterocycles. The maximum absolute atomic E-state index is 12.2. The van der Waals surface area contributed by atoms with E-state index < -0.39 is 11.7 Å². The van der Waals surface area contributed by atoms with Gasteiger partial charge < -0.3 is 15.4 Å². The quantitative estimate of drug-likeness (QED) is 0.831. The van der Waals surface area contributed by atoms with Crippen molar-refractivity contribution >= 4 is 12.0 Å². The molecule has 0 spiro atoms. The summed E-state index contributed by atoms with van der Waals surface area (Å²) < 4.78 is 5.19. The summed E-state index contributed by atoms with van der Waals surface area (Å²) in [6.45, 7) is 6.39. The molecular weight excluding hydrogens is 328 g/mol. The van der Waals surface area contributed by atoms with Crippen molar-refractivity contribution in [3.05, 3.63) is 71.3 Å². The minimum atomic E-state index is -0.522. The van der Waals surface area contributed by atoms with Gasteiger partial charge in [-0.05, 0) is 50.5 Å². The monoisotopic (exact) mass is 354 g/mol. The third-order valence-corrected chi connectivity index (χ3v) is 3.59. The van der Waals surface area contributed by atoms with Gasteiger partial charge in [-0.25, -0.2) is 4.79 Å². The van der Waals surface area contributed by atoms with E-state index in [4.69, 9.17) is 4.74 Å². The van der Waals surface area contributed by atoms with Gasteiger partial charge in [0.2, 0.25) is 0 Å². The Morgan fingerprint density at radius 2 is 1.54 bits per heavy atom. The van der Waals surface area contributed by atoms with Gasteiger partial charge in [0, 0.05) is 18.7 Å². The molecule has 0 aliphatic rings. The van der Waals surface area contributed by atoms with Crippen LogP contribution in [0, 0.1) is 0 Å². The number of ether oxygens (including phenoxy) is 1. The highest BCUT2D eigenvalue weighted by molar-refractivity contribution is 5.94. The first-order valence-electron chi connectivity index (χ1n) is 8.71. The highest BCUT2D eigenvalue weighted by Gasteiger charge is 2.15. The van der Waals surface area contributed by atoms with Crippen LogP contribution in [-0.2, 0) is 17.7 Å². The minimum absolute atomic E-state index is 0.104. The van der Waals surface area contributed by atoms with E-state index in [9.17, 15) is 9.59 Å². The number of amides is 2. The van der Waals surface area contributed by atoms with Crippen LogP contribution in [0.2, 0.25) is 0 Å². The average Bonchev–Trinajstić information content (AvgIpc) is 2.60. The van der Waals surface area contributed by atoms with E-state index in [0.29, 0.717) is 18.7 Å². The van der Waals surface area contributed by atoms with Gasteiger partial charge in [-0.3, -0.25) is 4.79 Å². The van der Waals surface area contributed by atoms with E-state index in [1.165, 1.54) is 5.56 Å². The summed E-state index contributed by atoms with van der Waals surface area (Å²) >= 11 is 0. The van der Waals surface area contributed by atoms with Crippen molar-refractivity contribution in [1.82, 2.24) is 10.6 Å². The second kappa shape index (κ2) is 9.04. The normalized spacial score (nSPS) is 10.9. The van der Waals surface area contributed by atoms with E-state index in [2.05, 4.69) is 10.6 Å². The van der Waals surface area contributed by atoms with Crippen molar-refractivity contribution < 1.29 is 14.3 Å². The molecule has 0 unspecified atom stereocenters. The predicted molar refractivity (Wildman–Crippen MR) is 102 cm³/mol. The van der Waals surface area contributed by atoms with Crippen LogP contribution in [0.25, 0.3) is 0 Å². The molecule has 0 aromatic heterocycles. The number of hydrogen-bond donors (Lipinski definition) is 2. The predicted octanol–water partition coefficient (Wildman–Crippen LogP) is 3.68. The molecule has 0 atom stereocenters. The third-order valence-electron chi connectivity index (χ3n) is 3.59. The molecular formula is C21H26N2O3. The molecule has 2 rings (SSSR count). The van der Waals surface area contributed by atoms with Crippen molar-refractivity contribution in [3.63, 3.8) is 0 Å². The van der Waals surface area contributed by atoms with Crippen LogP contribution in [-0.4, -0.2) is 24.1 Å². The summed E-state index contributed by atoms with van der Waals surface area (Å²) in [7, 11) is 0. The van der Waals surface area contributed by atoms with Crippen molar-refractivity contribution in [2.24, 2.45) is 0 Å². The largest absolute Gasteiger partial charge is 0.444 e. The van der Waals surface area contributed by atoms with Gasteiger partial charge in [-0.15, -0.1) is 0 Å². The number of rotatable bonds is 6. The van der Waals surface area contributed by atoms with Crippen LogP contribution in [0.15, 0.2) is 54.6 Å². The lowest BCUT2D eigenvalue weighted by Gasteiger charge is -2.19.